The molecular formula is C27H48BN4O8P. The highest BCUT2D eigenvalue weighted by Crippen LogP contribution is 2.54. The first-order valence-electron chi connectivity index (χ1n) is 14.9. The van der Waals surface area contributed by atoms with Crippen LogP contribution in [0.5, 0.6) is 0 Å². The Morgan fingerprint density at radius 1 is 1.10 bits per heavy atom. The normalized spacial score (nSPS) is 32.5. The Labute approximate surface area is 245 Å². The standard InChI is InChI=1S/C27H48BN4O8P/c1-7-17-18-9-11-20-21(12-10-19(17)18)31(30-29-20)13-14-37-26(3,4)16-38-27(5,6)32-24(33)22(40-23(28)25(32)34)15-39-41(35,36)8-2/h17-19,22-25,33-34H,7-16H2,1-6H3,(H,35,36). The maximum absolute atomic E-state index is 11.9. The quantitative estimate of drug-likeness (QED) is 0.226. The van der Waals surface area contributed by atoms with Gasteiger partial charge < -0.3 is 33.8 Å². The fourth-order valence-corrected chi connectivity index (χ4v) is 6.93. The predicted octanol–water partition coefficient (Wildman–Crippen LogP) is 2.03. The van der Waals surface area contributed by atoms with Crippen molar-refractivity contribution in [2.24, 2.45) is 17.8 Å². The molecule has 0 bridgehead atoms. The van der Waals surface area contributed by atoms with Gasteiger partial charge in [-0.1, -0.05) is 25.5 Å². The average Bonchev–Trinajstić information content (AvgIpc) is 3.43. The zero-order chi connectivity index (χ0) is 30.2. The van der Waals surface area contributed by atoms with Crippen molar-refractivity contribution in [1.82, 2.24) is 19.9 Å². The van der Waals surface area contributed by atoms with Gasteiger partial charge in [0.25, 0.3) is 0 Å². The highest BCUT2D eigenvalue weighted by atomic mass is 31.2. The summed E-state index contributed by atoms with van der Waals surface area (Å²) >= 11 is 0. The molecule has 1 saturated heterocycles. The highest BCUT2D eigenvalue weighted by molar-refractivity contribution is 7.52. The van der Waals surface area contributed by atoms with Crippen LogP contribution in [-0.2, 0) is 42.7 Å². The highest BCUT2D eigenvalue weighted by Gasteiger charge is 2.49. The van der Waals surface area contributed by atoms with E-state index in [4.69, 9.17) is 26.6 Å². The minimum atomic E-state index is -3.81. The molecule has 0 amide bonds. The molecule has 3 N–H and O–H groups in total. The predicted molar refractivity (Wildman–Crippen MR) is 152 cm³/mol. The Hall–Kier alpha value is -0.885. The number of hydrogen-bond donors (Lipinski definition) is 3. The monoisotopic (exact) mass is 598 g/mol. The molecule has 12 nitrogen and oxygen atoms in total. The van der Waals surface area contributed by atoms with Crippen LogP contribution < -0.4 is 0 Å². The van der Waals surface area contributed by atoms with Gasteiger partial charge in [-0.15, -0.1) is 5.10 Å². The van der Waals surface area contributed by atoms with Gasteiger partial charge >= 0.3 is 7.60 Å². The van der Waals surface area contributed by atoms with Crippen LogP contribution in [-0.4, -0.2) is 105 Å². The number of hydrogen-bond acceptors (Lipinski definition) is 10. The van der Waals surface area contributed by atoms with E-state index in [2.05, 4.69) is 17.2 Å². The lowest BCUT2D eigenvalue weighted by Crippen LogP contribution is -2.68. The van der Waals surface area contributed by atoms with Crippen LogP contribution in [0.4, 0.5) is 0 Å². The number of aliphatic hydroxyl groups excluding tert-OH is 2. The third-order valence-electron chi connectivity index (χ3n) is 8.89. The second-order valence-corrected chi connectivity index (χ2v) is 14.8. The van der Waals surface area contributed by atoms with Crippen molar-refractivity contribution in [3.05, 3.63) is 11.4 Å². The minimum Gasteiger partial charge on any atom is -0.376 e. The minimum absolute atomic E-state index is 0.0858. The molecule has 1 aliphatic heterocycles. The topological polar surface area (TPSA) is 149 Å². The van der Waals surface area contributed by atoms with Gasteiger partial charge in [0.15, 0.2) is 0 Å². The van der Waals surface area contributed by atoms with Gasteiger partial charge in [0.05, 0.1) is 49.4 Å². The fraction of sp³-hybridized carbons (Fsp3) is 0.926. The van der Waals surface area contributed by atoms with Crippen LogP contribution in [0, 0.1) is 17.8 Å². The summed E-state index contributed by atoms with van der Waals surface area (Å²) in [5.74, 6) is 2.59. The number of nitrogens with zero attached hydrogens (tertiary/aromatic N) is 4. The maximum Gasteiger partial charge on any atom is 0.327 e. The van der Waals surface area contributed by atoms with Crippen LogP contribution in [0.15, 0.2) is 0 Å². The molecule has 41 heavy (non-hydrogen) atoms. The van der Waals surface area contributed by atoms with Crippen LogP contribution in [0.2, 0.25) is 0 Å². The molecule has 14 heteroatoms. The van der Waals surface area contributed by atoms with E-state index in [0.717, 1.165) is 36.3 Å². The summed E-state index contributed by atoms with van der Waals surface area (Å²) in [5.41, 5.74) is 0.450. The van der Waals surface area contributed by atoms with Crippen molar-refractivity contribution in [2.45, 2.75) is 116 Å². The van der Waals surface area contributed by atoms with E-state index in [-0.39, 0.29) is 19.4 Å². The molecule has 8 atom stereocenters. The molecule has 0 aromatic carbocycles. The number of rotatable bonds is 13. The molecule has 2 aliphatic carbocycles. The summed E-state index contributed by atoms with van der Waals surface area (Å²) in [4.78, 5) is 11.0. The molecule has 0 spiro atoms. The fourth-order valence-electron chi connectivity index (χ4n) is 6.36. The average molecular weight is 598 g/mol. The lowest BCUT2D eigenvalue weighted by atomic mass is 9.93. The van der Waals surface area contributed by atoms with Gasteiger partial charge in [0.1, 0.15) is 32.1 Å². The molecule has 8 unspecified atom stereocenters. The number of ether oxygens (including phenoxy) is 3. The summed E-state index contributed by atoms with van der Waals surface area (Å²) in [6.45, 7) is 11.8. The molecule has 1 aromatic rings. The Morgan fingerprint density at radius 3 is 2.44 bits per heavy atom. The number of aromatic nitrogens is 3. The summed E-state index contributed by atoms with van der Waals surface area (Å²) < 4.78 is 36.8. The number of aliphatic hydroxyl groups is 2. The van der Waals surface area contributed by atoms with Crippen molar-refractivity contribution in [1.29, 1.82) is 0 Å². The van der Waals surface area contributed by atoms with Gasteiger partial charge in [-0.05, 0) is 71.1 Å². The summed E-state index contributed by atoms with van der Waals surface area (Å²) in [6, 6.07) is -1.19. The van der Waals surface area contributed by atoms with Gasteiger partial charge in [-0.25, -0.2) is 9.58 Å². The first-order valence-corrected chi connectivity index (χ1v) is 16.7. The van der Waals surface area contributed by atoms with E-state index in [9.17, 15) is 19.7 Å². The molecule has 1 saturated carbocycles. The van der Waals surface area contributed by atoms with Gasteiger partial charge in [0.2, 0.25) is 0 Å². The molecule has 2 heterocycles. The first-order chi connectivity index (χ1) is 19.2. The third kappa shape index (κ3) is 7.80. The Bertz CT molecular complexity index is 1070. The molecule has 1 aromatic heterocycles. The summed E-state index contributed by atoms with van der Waals surface area (Å²) in [6.07, 6.45) is 1.71. The number of morpholine rings is 1. The smallest absolute Gasteiger partial charge is 0.327 e. The Kier molecular flexibility index (Phi) is 10.5. The summed E-state index contributed by atoms with van der Waals surface area (Å²) in [5, 5.41) is 30.6. The maximum atomic E-state index is 11.9. The lowest BCUT2D eigenvalue weighted by molar-refractivity contribution is -0.320. The molecule has 2 fully saturated rings. The second-order valence-electron chi connectivity index (χ2n) is 12.6. The van der Waals surface area contributed by atoms with E-state index in [0.29, 0.717) is 13.2 Å². The first kappa shape index (κ1) is 33.0. The zero-order valence-corrected chi connectivity index (χ0v) is 26.2. The van der Waals surface area contributed by atoms with Crippen LogP contribution in [0.1, 0.15) is 72.2 Å². The third-order valence-corrected chi connectivity index (χ3v) is 10.2. The molecule has 2 radical (unpaired) electrons. The largest absolute Gasteiger partial charge is 0.376 e. The van der Waals surface area contributed by atoms with Crippen LogP contribution >= 0.6 is 7.60 Å². The van der Waals surface area contributed by atoms with Crippen molar-refractivity contribution < 1.29 is 38.4 Å². The number of aryl methyl sites for hydroxylation is 1. The van der Waals surface area contributed by atoms with Crippen LogP contribution in [0.3, 0.4) is 0 Å². The Morgan fingerprint density at radius 2 is 1.78 bits per heavy atom. The Balaban J connectivity index is 1.30. The van der Waals surface area contributed by atoms with Gasteiger partial charge in [-0.2, -0.15) is 0 Å². The van der Waals surface area contributed by atoms with Crippen molar-refractivity contribution in [3.63, 3.8) is 0 Å². The van der Waals surface area contributed by atoms with Crippen molar-refractivity contribution in [2.75, 3.05) is 26.0 Å². The van der Waals surface area contributed by atoms with E-state index in [1.807, 2.05) is 18.5 Å². The zero-order valence-electron chi connectivity index (χ0n) is 25.3. The van der Waals surface area contributed by atoms with E-state index < -0.39 is 43.5 Å². The van der Waals surface area contributed by atoms with E-state index in [1.54, 1.807) is 13.8 Å². The molecule has 232 valence electrons. The van der Waals surface area contributed by atoms with Crippen molar-refractivity contribution >= 4 is 15.4 Å². The van der Waals surface area contributed by atoms with Crippen molar-refractivity contribution in [3.8, 4) is 0 Å². The summed E-state index contributed by atoms with van der Waals surface area (Å²) in [7, 11) is 2.16. The van der Waals surface area contributed by atoms with E-state index >= 15 is 0 Å². The lowest BCUT2D eigenvalue weighted by Gasteiger charge is -2.51. The molecule has 3 aliphatic rings. The SMILES string of the molecule is [B]C1OC(COP(=O)(O)CC)C(O)N(C(C)(C)OCC(C)(C)OCCn2nnc3c2CCC2C(CC)C2CC3)C1O. The number of fused-ring (bicyclic) bond motifs is 2. The van der Waals surface area contributed by atoms with Gasteiger partial charge in [0, 0.05) is 6.16 Å². The molecular weight excluding hydrogens is 550 g/mol. The van der Waals surface area contributed by atoms with Crippen LogP contribution in [0.25, 0.3) is 0 Å². The van der Waals surface area contributed by atoms with Gasteiger partial charge in [-0.3, -0.25) is 4.57 Å². The van der Waals surface area contributed by atoms with E-state index in [1.165, 1.54) is 36.8 Å². The molecule has 4 rings (SSSR count). The second kappa shape index (κ2) is 13.0.